The number of nitrogens with one attached hydrogen (secondary N) is 2. The average Bonchev–Trinajstić information content (AvgIpc) is 2.90. The molecule has 1 saturated carbocycles. The molecule has 1 atom stereocenters. The zero-order valence-electron chi connectivity index (χ0n) is 21.7. The van der Waals surface area contributed by atoms with Crippen molar-refractivity contribution >= 4 is 29.5 Å². The van der Waals surface area contributed by atoms with Gasteiger partial charge in [-0.15, -0.1) is 0 Å². The first-order chi connectivity index (χ1) is 19.5. The summed E-state index contributed by atoms with van der Waals surface area (Å²) in [6, 6.07) is 2.61. The highest BCUT2D eigenvalue weighted by Crippen LogP contribution is 2.44. The van der Waals surface area contributed by atoms with Gasteiger partial charge in [0.15, 0.2) is 5.75 Å². The van der Waals surface area contributed by atoms with Crippen molar-refractivity contribution < 1.29 is 54.9 Å². The highest BCUT2D eigenvalue weighted by Gasteiger charge is 2.42. The van der Waals surface area contributed by atoms with E-state index in [4.69, 9.17) is 25.7 Å². The van der Waals surface area contributed by atoms with Crippen LogP contribution < -0.4 is 20.7 Å². The predicted molar refractivity (Wildman–Crippen MR) is 135 cm³/mol. The van der Waals surface area contributed by atoms with Crippen LogP contribution in [0.15, 0.2) is 42.6 Å². The summed E-state index contributed by atoms with van der Waals surface area (Å²) >= 11 is 0. The minimum atomic E-state index is -5.42. The van der Waals surface area contributed by atoms with E-state index in [-0.39, 0.29) is 24.6 Å². The summed E-state index contributed by atoms with van der Waals surface area (Å²) in [5, 5.41) is 19.3. The minimum absolute atomic E-state index is 0.00749. The second-order valence-corrected chi connectivity index (χ2v) is 9.23. The van der Waals surface area contributed by atoms with E-state index in [1.807, 2.05) is 0 Å². The molecule has 42 heavy (non-hydrogen) atoms. The van der Waals surface area contributed by atoms with Gasteiger partial charge in [0.2, 0.25) is 0 Å². The van der Waals surface area contributed by atoms with Crippen LogP contribution in [0, 0.1) is 11.2 Å². The third-order valence-electron chi connectivity index (χ3n) is 6.22. The van der Waals surface area contributed by atoms with Gasteiger partial charge in [-0.05, 0) is 36.4 Å². The van der Waals surface area contributed by atoms with E-state index in [1.165, 1.54) is 0 Å². The number of allylic oxidation sites excluding steroid dienone is 1. The van der Waals surface area contributed by atoms with Gasteiger partial charge in [0, 0.05) is 55.2 Å². The Kier molecular flexibility index (Phi) is 9.83. The maximum atomic E-state index is 14.0. The van der Waals surface area contributed by atoms with Crippen LogP contribution >= 0.6 is 0 Å². The molecule has 0 spiro atoms. The topological polar surface area (TPSA) is 138 Å². The van der Waals surface area contributed by atoms with E-state index in [0.717, 1.165) is 37.5 Å². The second-order valence-electron chi connectivity index (χ2n) is 9.23. The SMILES string of the molecule is CN(C(=O)Oc1c(/C(C=N)=C/NC2CC(OC(=O)C(N)CO)C2)cc(C(F)(F)F)cc1C(F)(F)F)c1ccc(F)cc1. The van der Waals surface area contributed by atoms with Crippen LogP contribution in [-0.4, -0.2) is 55.2 Å². The number of hydrogen-bond acceptors (Lipinski definition) is 8. The lowest BCUT2D eigenvalue weighted by atomic mass is 9.89. The van der Waals surface area contributed by atoms with Gasteiger partial charge in [-0.1, -0.05) is 0 Å². The smallest absolute Gasteiger partial charge is 0.420 e. The minimum Gasteiger partial charge on any atom is -0.461 e. The van der Waals surface area contributed by atoms with Crippen LogP contribution in [0.5, 0.6) is 5.75 Å². The van der Waals surface area contributed by atoms with E-state index in [1.54, 1.807) is 0 Å². The third kappa shape index (κ3) is 7.76. The molecule has 228 valence electrons. The summed E-state index contributed by atoms with van der Waals surface area (Å²) in [6.45, 7) is -0.637. The molecule has 0 bridgehead atoms. The van der Waals surface area contributed by atoms with Crippen LogP contribution in [0.4, 0.5) is 41.2 Å². The Balaban J connectivity index is 1.96. The Labute approximate surface area is 234 Å². The Morgan fingerprint density at radius 2 is 1.76 bits per heavy atom. The number of amides is 1. The molecule has 16 heteroatoms. The van der Waals surface area contributed by atoms with Gasteiger partial charge in [0.05, 0.1) is 17.7 Å². The number of carbonyl (C=O) groups excluding carboxylic acids is 2. The molecule has 2 aromatic carbocycles. The molecule has 1 fully saturated rings. The van der Waals surface area contributed by atoms with Crippen molar-refractivity contribution in [3.63, 3.8) is 0 Å². The van der Waals surface area contributed by atoms with Gasteiger partial charge in [-0.25, -0.2) is 9.18 Å². The number of carbonyl (C=O) groups is 2. The number of anilines is 1. The van der Waals surface area contributed by atoms with Gasteiger partial charge >= 0.3 is 24.4 Å². The van der Waals surface area contributed by atoms with E-state index < -0.39 is 83.0 Å². The molecule has 0 radical (unpaired) electrons. The van der Waals surface area contributed by atoms with Crippen molar-refractivity contribution in [2.75, 3.05) is 18.6 Å². The Morgan fingerprint density at radius 3 is 2.29 bits per heavy atom. The van der Waals surface area contributed by atoms with Crippen LogP contribution in [-0.2, 0) is 21.9 Å². The second kappa shape index (κ2) is 12.8. The van der Waals surface area contributed by atoms with Crippen LogP contribution in [0.2, 0.25) is 0 Å². The summed E-state index contributed by atoms with van der Waals surface area (Å²) in [5.41, 5.74) is 0.379. The fourth-order valence-electron chi connectivity index (χ4n) is 3.78. The number of nitrogens with two attached hydrogens (primary N) is 1. The number of ether oxygens (including phenoxy) is 2. The number of rotatable bonds is 9. The molecule has 0 aliphatic heterocycles. The number of alkyl halides is 6. The summed E-state index contributed by atoms with van der Waals surface area (Å²) in [4.78, 5) is 25.2. The molecule has 1 amide bonds. The molecular formula is C26H25F7N4O5. The zero-order chi connectivity index (χ0) is 31.4. The number of esters is 1. The Hall–Kier alpha value is -4.18. The Bertz CT molecular complexity index is 1340. The number of benzene rings is 2. The summed E-state index contributed by atoms with van der Waals surface area (Å²) in [5.74, 6) is -2.80. The lowest BCUT2D eigenvalue weighted by molar-refractivity contribution is -0.156. The quantitative estimate of drug-likeness (QED) is 0.188. The van der Waals surface area contributed by atoms with E-state index in [9.17, 15) is 40.3 Å². The van der Waals surface area contributed by atoms with Gasteiger partial charge in [-0.2, -0.15) is 26.3 Å². The molecule has 0 aromatic heterocycles. The molecule has 1 unspecified atom stereocenters. The largest absolute Gasteiger partial charge is 0.461 e. The highest BCUT2D eigenvalue weighted by atomic mass is 19.4. The van der Waals surface area contributed by atoms with Gasteiger partial charge < -0.3 is 31.0 Å². The first-order valence-electron chi connectivity index (χ1n) is 12.1. The third-order valence-corrected chi connectivity index (χ3v) is 6.22. The molecular weight excluding hydrogens is 581 g/mol. The van der Waals surface area contributed by atoms with E-state index in [0.29, 0.717) is 17.2 Å². The molecule has 0 heterocycles. The lowest BCUT2D eigenvalue weighted by Crippen LogP contribution is -2.47. The molecule has 1 aliphatic rings. The van der Waals surface area contributed by atoms with Crippen molar-refractivity contribution in [2.24, 2.45) is 5.73 Å². The fraction of sp³-hybridized carbons (Fsp3) is 0.346. The van der Waals surface area contributed by atoms with Crippen molar-refractivity contribution in [3.05, 3.63) is 65.1 Å². The lowest BCUT2D eigenvalue weighted by Gasteiger charge is -2.35. The van der Waals surface area contributed by atoms with Gasteiger partial charge in [0.25, 0.3) is 0 Å². The standard InChI is InChI=1S/C26H25F7N4O5/c1-37(17-4-2-15(27)3-5-17)24(40)42-22-19(6-14(25(28,29)30)7-20(22)26(31,32)33)13(10-34)11-36-16-8-18(9-16)41-23(39)21(35)12-38/h2-7,10-11,16,18,21,34,36,38H,8-9,12,35H2,1H3/b13-11+,34-10?. The number of halogens is 7. The maximum Gasteiger partial charge on any atom is 0.420 e. The number of aliphatic hydroxyl groups excluding tert-OH is 1. The monoisotopic (exact) mass is 606 g/mol. The van der Waals surface area contributed by atoms with Crippen molar-refractivity contribution in [3.8, 4) is 5.75 Å². The summed E-state index contributed by atoms with van der Waals surface area (Å²) < 4.78 is 106. The average molecular weight is 606 g/mol. The summed E-state index contributed by atoms with van der Waals surface area (Å²) in [6.07, 6.45) is -10.9. The van der Waals surface area contributed by atoms with Crippen molar-refractivity contribution in [1.82, 2.24) is 5.32 Å². The van der Waals surface area contributed by atoms with Gasteiger partial charge in [0.1, 0.15) is 18.0 Å². The van der Waals surface area contributed by atoms with Gasteiger partial charge in [-0.3, -0.25) is 9.69 Å². The predicted octanol–water partition coefficient (Wildman–Crippen LogP) is 4.47. The fourth-order valence-corrected chi connectivity index (χ4v) is 3.78. The molecule has 5 N–H and O–H groups in total. The molecule has 2 aromatic rings. The van der Waals surface area contributed by atoms with Crippen LogP contribution in [0.3, 0.4) is 0 Å². The van der Waals surface area contributed by atoms with Crippen LogP contribution in [0.1, 0.15) is 29.5 Å². The molecule has 3 rings (SSSR count). The first kappa shape index (κ1) is 32.3. The van der Waals surface area contributed by atoms with Crippen molar-refractivity contribution in [2.45, 2.75) is 43.4 Å². The van der Waals surface area contributed by atoms with E-state index in [2.05, 4.69) is 5.32 Å². The maximum absolute atomic E-state index is 14.0. The van der Waals surface area contributed by atoms with Crippen molar-refractivity contribution in [1.29, 1.82) is 5.41 Å². The van der Waals surface area contributed by atoms with Crippen LogP contribution in [0.25, 0.3) is 5.57 Å². The molecule has 1 aliphatic carbocycles. The number of nitrogens with zero attached hydrogens (tertiary/aromatic N) is 1. The summed E-state index contributed by atoms with van der Waals surface area (Å²) in [7, 11) is 1.09. The number of hydrogen-bond donors (Lipinski definition) is 4. The first-order valence-corrected chi connectivity index (χ1v) is 12.1. The molecule has 0 saturated heterocycles. The van der Waals surface area contributed by atoms with E-state index >= 15 is 0 Å². The zero-order valence-corrected chi connectivity index (χ0v) is 21.7. The highest BCUT2D eigenvalue weighted by molar-refractivity contribution is 6.10. The normalized spacial score (nSPS) is 18.0. The molecule has 9 nitrogen and oxygen atoms in total. The number of aliphatic hydroxyl groups is 1. The Morgan fingerprint density at radius 1 is 1.14 bits per heavy atom.